The van der Waals surface area contributed by atoms with Gasteiger partial charge in [-0.05, 0) is 18.2 Å². The summed E-state index contributed by atoms with van der Waals surface area (Å²) in [6.07, 6.45) is 0. The molecule has 0 aliphatic rings. The van der Waals surface area contributed by atoms with Crippen LogP contribution in [0.15, 0.2) is 35.1 Å². The first kappa shape index (κ1) is 9.79. The van der Waals surface area contributed by atoms with E-state index in [0.717, 1.165) is 0 Å². The van der Waals surface area contributed by atoms with Crippen molar-refractivity contribution in [3.63, 3.8) is 0 Å². The molecule has 0 saturated heterocycles. The maximum Gasteiger partial charge on any atom is 0.324 e. The number of aromatic amines is 2. The van der Waals surface area contributed by atoms with Crippen LogP contribution in [0, 0.1) is 10.5 Å². The molecule has 15 heavy (non-hydrogen) atoms. The molecule has 0 spiro atoms. The van der Waals surface area contributed by atoms with Crippen LogP contribution in [0.4, 0.5) is 4.39 Å². The largest absolute Gasteiger partial charge is 0.324 e. The molecule has 2 rings (SSSR count). The lowest BCUT2D eigenvalue weighted by atomic mass is 10.1. The second-order valence-electron chi connectivity index (χ2n) is 2.98. The van der Waals surface area contributed by atoms with Gasteiger partial charge in [0.25, 0.3) is 0 Å². The molecular weight excluding hydrogens is 215 g/mol. The molecule has 0 aliphatic carbocycles. The van der Waals surface area contributed by atoms with E-state index in [0.29, 0.717) is 11.3 Å². The van der Waals surface area contributed by atoms with Crippen molar-refractivity contribution in [2.45, 2.75) is 0 Å². The number of rotatable bonds is 1. The highest BCUT2D eigenvalue weighted by atomic mass is 32.1. The predicted molar refractivity (Wildman–Crippen MR) is 57.6 cm³/mol. The molecule has 0 saturated carbocycles. The van der Waals surface area contributed by atoms with Gasteiger partial charge in [-0.1, -0.05) is 24.4 Å². The number of aromatic nitrogens is 2. The van der Waals surface area contributed by atoms with Gasteiger partial charge in [0.1, 0.15) is 10.5 Å². The summed E-state index contributed by atoms with van der Waals surface area (Å²) in [5, 5.41) is 0. The van der Waals surface area contributed by atoms with E-state index in [1.165, 1.54) is 12.1 Å². The van der Waals surface area contributed by atoms with E-state index in [1.54, 1.807) is 18.2 Å². The van der Waals surface area contributed by atoms with Crippen LogP contribution in [0.1, 0.15) is 0 Å². The van der Waals surface area contributed by atoms with Gasteiger partial charge >= 0.3 is 5.69 Å². The maximum absolute atomic E-state index is 13.4. The minimum atomic E-state index is -0.444. The van der Waals surface area contributed by atoms with Crippen molar-refractivity contribution in [2.24, 2.45) is 0 Å². The van der Waals surface area contributed by atoms with Crippen molar-refractivity contribution < 1.29 is 4.39 Å². The van der Waals surface area contributed by atoms with Gasteiger partial charge in [0.15, 0.2) is 0 Å². The Balaban J connectivity index is 2.70. The summed E-state index contributed by atoms with van der Waals surface area (Å²) in [5.74, 6) is -0.395. The summed E-state index contributed by atoms with van der Waals surface area (Å²) in [6.45, 7) is 0. The molecule has 3 nitrogen and oxygen atoms in total. The van der Waals surface area contributed by atoms with E-state index < -0.39 is 11.5 Å². The summed E-state index contributed by atoms with van der Waals surface area (Å²) in [5.41, 5.74) is 0.261. The topological polar surface area (TPSA) is 48.6 Å². The van der Waals surface area contributed by atoms with Gasteiger partial charge < -0.3 is 4.98 Å². The van der Waals surface area contributed by atoms with Crippen LogP contribution >= 0.6 is 12.2 Å². The zero-order valence-electron chi connectivity index (χ0n) is 7.58. The average Bonchev–Trinajstić information content (AvgIpc) is 2.16. The first-order valence-corrected chi connectivity index (χ1v) is 4.66. The summed E-state index contributed by atoms with van der Waals surface area (Å²) in [7, 11) is 0. The molecule has 2 aromatic rings. The molecule has 0 unspecified atom stereocenters. The van der Waals surface area contributed by atoms with E-state index >= 15 is 0 Å². The second kappa shape index (κ2) is 3.78. The Hall–Kier alpha value is -1.75. The standard InChI is InChI=1S/C10H7FN2OS/c11-7-4-2-1-3-6(7)8-5-9(15)13-10(14)12-8/h1-5H,(H2,12,13,14,15). The Morgan fingerprint density at radius 1 is 1.20 bits per heavy atom. The molecule has 0 atom stereocenters. The third-order valence-corrected chi connectivity index (χ3v) is 2.14. The molecule has 76 valence electrons. The van der Waals surface area contributed by atoms with Gasteiger partial charge in [-0.25, -0.2) is 9.18 Å². The van der Waals surface area contributed by atoms with Gasteiger partial charge in [-0.15, -0.1) is 0 Å². The fourth-order valence-corrected chi connectivity index (χ4v) is 1.50. The van der Waals surface area contributed by atoms with E-state index in [1.807, 2.05) is 0 Å². The SMILES string of the molecule is O=c1[nH]c(-c2ccccc2F)cc(=S)[nH]1. The first-order chi connectivity index (χ1) is 7.16. The highest BCUT2D eigenvalue weighted by molar-refractivity contribution is 7.71. The molecule has 0 radical (unpaired) electrons. The number of halogens is 1. The second-order valence-corrected chi connectivity index (χ2v) is 3.42. The monoisotopic (exact) mass is 222 g/mol. The van der Waals surface area contributed by atoms with Crippen LogP contribution in [0.3, 0.4) is 0 Å². The summed E-state index contributed by atoms with van der Waals surface area (Å²) in [6, 6.07) is 7.69. The highest BCUT2D eigenvalue weighted by Crippen LogP contribution is 2.18. The normalized spacial score (nSPS) is 10.2. The van der Waals surface area contributed by atoms with Crippen molar-refractivity contribution in [2.75, 3.05) is 0 Å². The van der Waals surface area contributed by atoms with Crippen molar-refractivity contribution in [3.8, 4) is 11.3 Å². The molecule has 0 aliphatic heterocycles. The Labute approximate surface area is 89.6 Å². The molecule has 0 fully saturated rings. The van der Waals surface area contributed by atoms with E-state index in [9.17, 15) is 9.18 Å². The fraction of sp³-hybridized carbons (Fsp3) is 0. The van der Waals surface area contributed by atoms with Gasteiger partial charge in [-0.2, -0.15) is 0 Å². The van der Waals surface area contributed by atoms with Crippen LogP contribution < -0.4 is 5.69 Å². The molecule has 0 amide bonds. The molecule has 5 heteroatoms. The lowest BCUT2D eigenvalue weighted by Crippen LogP contribution is -2.10. The Morgan fingerprint density at radius 2 is 1.93 bits per heavy atom. The number of nitrogens with one attached hydrogen (secondary N) is 2. The van der Waals surface area contributed by atoms with Gasteiger partial charge in [-0.3, -0.25) is 4.98 Å². The third-order valence-electron chi connectivity index (χ3n) is 1.92. The average molecular weight is 222 g/mol. The lowest BCUT2D eigenvalue weighted by molar-refractivity contribution is 0.630. The number of hydrogen-bond donors (Lipinski definition) is 2. The summed E-state index contributed by atoms with van der Waals surface area (Å²) >= 11 is 4.83. The van der Waals surface area contributed by atoms with Crippen molar-refractivity contribution in [1.82, 2.24) is 9.97 Å². The van der Waals surface area contributed by atoms with Crippen LogP contribution in [-0.2, 0) is 0 Å². The van der Waals surface area contributed by atoms with E-state index in [4.69, 9.17) is 12.2 Å². The minimum absolute atomic E-state index is 0.275. The molecule has 2 N–H and O–H groups in total. The van der Waals surface area contributed by atoms with Crippen LogP contribution in [0.25, 0.3) is 11.3 Å². The zero-order valence-corrected chi connectivity index (χ0v) is 8.40. The fourth-order valence-electron chi connectivity index (χ4n) is 1.29. The van der Waals surface area contributed by atoms with E-state index in [2.05, 4.69) is 9.97 Å². The van der Waals surface area contributed by atoms with Gasteiger partial charge in [0.2, 0.25) is 0 Å². The van der Waals surface area contributed by atoms with E-state index in [-0.39, 0.29) is 4.64 Å². The minimum Gasteiger partial charge on any atom is -0.307 e. The van der Waals surface area contributed by atoms with Crippen molar-refractivity contribution in [3.05, 3.63) is 51.3 Å². The quantitative estimate of drug-likeness (QED) is 0.727. The molecule has 1 aromatic heterocycles. The van der Waals surface area contributed by atoms with Crippen LogP contribution in [-0.4, -0.2) is 9.97 Å². The van der Waals surface area contributed by atoms with Crippen molar-refractivity contribution >= 4 is 12.2 Å². The smallest absolute Gasteiger partial charge is 0.307 e. The number of hydrogen-bond acceptors (Lipinski definition) is 2. The Morgan fingerprint density at radius 3 is 2.60 bits per heavy atom. The number of H-pyrrole nitrogens is 2. The molecular formula is C10H7FN2OS. The molecule has 1 aromatic carbocycles. The van der Waals surface area contributed by atoms with Gasteiger partial charge in [0, 0.05) is 5.56 Å². The Kier molecular flexibility index (Phi) is 2.47. The first-order valence-electron chi connectivity index (χ1n) is 4.25. The highest BCUT2D eigenvalue weighted by Gasteiger charge is 2.04. The summed E-state index contributed by atoms with van der Waals surface area (Å²) in [4.78, 5) is 16.0. The van der Waals surface area contributed by atoms with Crippen molar-refractivity contribution in [1.29, 1.82) is 0 Å². The zero-order chi connectivity index (χ0) is 10.8. The predicted octanol–water partition coefficient (Wildman–Crippen LogP) is 2.24. The van der Waals surface area contributed by atoms with Crippen LogP contribution in [0.5, 0.6) is 0 Å². The molecule has 0 bridgehead atoms. The lowest BCUT2D eigenvalue weighted by Gasteiger charge is -2.01. The summed E-state index contributed by atoms with van der Waals surface area (Å²) < 4.78 is 13.6. The third kappa shape index (κ3) is 2.02. The molecule has 1 heterocycles. The van der Waals surface area contributed by atoms with Crippen LogP contribution in [0.2, 0.25) is 0 Å². The Bertz CT molecular complexity index is 574. The maximum atomic E-state index is 13.4. The van der Waals surface area contributed by atoms with Gasteiger partial charge in [0.05, 0.1) is 5.69 Å². The number of benzene rings is 1.